The Morgan fingerprint density at radius 2 is 0.778 bits per heavy atom. The van der Waals surface area contributed by atoms with Crippen LogP contribution in [0.1, 0.15) is 138 Å². The van der Waals surface area contributed by atoms with Crippen LogP contribution in [0.3, 0.4) is 0 Å². The van der Waals surface area contributed by atoms with Gasteiger partial charge in [-0.3, -0.25) is 0 Å². The number of rotatable bonds is 14. The molecule has 0 bridgehead atoms. The van der Waals surface area contributed by atoms with Crippen LogP contribution in [-0.2, 0) is 31.1 Å². The van der Waals surface area contributed by atoms with Gasteiger partial charge in [0.2, 0.25) is 0 Å². The van der Waals surface area contributed by atoms with Crippen molar-refractivity contribution in [3.63, 3.8) is 0 Å². The van der Waals surface area contributed by atoms with E-state index in [4.69, 9.17) is 13.0 Å². The molecule has 0 unspecified atom stereocenters. The molecule has 0 spiro atoms. The summed E-state index contributed by atoms with van der Waals surface area (Å²) in [5, 5.41) is 0. The fourth-order valence-electron chi connectivity index (χ4n) is 7.19. The Morgan fingerprint density at radius 1 is 0.500 bits per heavy atom. The summed E-state index contributed by atoms with van der Waals surface area (Å²) in [6.07, 6.45) is 19.2. The molecule has 0 aromatic rings. The molecule has 0 saturated heterocycles. The summed E-state index contributed by atoms with van der Waals surface area (Å²) in [6, 6.07) is 3.56. The summed E-state index contributed by atoms with van der Waals surface area (Å²) >= 11 is -4.04. The Hall–Kier alpha value is 0.771. The van der Waals surface area contributed by atoms with Gasteiger partial charge in [-0.05, 0) is 0 Å². The molecule has 0 heterocycles. The summed E-state index contributed by atoms with van der Waals surface area (Å²) in [5.41, 5.74) is 0. The first-order chi connectivity index (χ1) is 17.2. The van der Waals surface area contributed by atoms with Crippen LogP contribution < -0.4 is 0 Å². The van der Waals surface area contributed by atoms with Crippen LogP contribution in [0.4, 0.5) is 0 Å². The second-order valence-electron chi connectivity index (χ2n) is 13.7. The zero-order chi connectivity index (χ0) is 26.0. The van der Waals surface area contributed by atoms with Crippen molar-refractivity contribution < 1.29 is 31.1 Å². The molecule has 212 valence electrons. The van der Waals surface area contributed by atoms with Gasteiger partial charge in [-0.15, -0.1) is 0 Å². The molecular formula is C30H60O4SiTi. The van der Waals surface area contributed by atoms with Crippen molar-refractivity contribution in [2.24, 2.45) is 17.8 Å². The maximum atomic E-state index is 7.73. The van der Waals surface area contributed by atoms with E-state index in [9.17, 15) is 0 Å². The quantitative estimate of drug-likeness (QED) is 0.198. The first-order valence-corrected chi connectivity index (χ1v) is 21.0. The molecule has 4 nitrogen and oxygen atoms in total. The summed E-state index contributed by atoms with van der Waals surface area (Å²) in [5.74, 6) is 1.86. The molecule has 3 aliphatic carbocycles. The summed E-state index contributed by atoms with van der Waals surface area (Å²) in [4.78, 5) is 0. The molecule has 0 N–H and O–H groups in total. The van der Waals surface area contributed by atoms with Crippen LogP contribution in [0.5, 0.6) is 0 Å². The van der Waals surface area contributed by atoms with Gasteiger partial charge in [0.25, 0.3) is 0 Å². The third-order valence-corrected chi connectivity index (χ3v) is 19.8. The van der Waals surface area contributed by atoms with E-state index in [1.807, 2.05) is 0 Å². The third-order valence-electron chi connectivity index (χ3n) is 8.27. The van der Waals surface area contributed by atoms with Crippen LogP contribution in [0.15, 0.2) is 0 Å². The number of hydrogen-bond donors (Lipinski definition) is 0. The van der Waals surface area contributed by atoms with Crippen molar-refractivity contribution in [3.8, 4) is 0 Å². The van der Waals surface area contributed by atoms with Gasteiger partial charge in [-0.1, -0.05) is 0 Å². The molecule has 0 aromatic carbocycles. The van der Waals surface area contributed by atoms with E-state index in [2.05, 4.69) is 41.5 Å². The Bertz CT molecular complexity index is 519. The van der Waals surface area contributed by atoms with Crippen molar-refractivity contribution in [2.45, 2.75) is 174 Å². The molecule has 0 amide bonds. The van der Waals surface area contributed by atoms with E-state index >= 15 is 0 Å². The van der Waals surface area contributed by atoms with Gasteiger partial charge in [-0.25, -0.2) is 0 Å². The molecule has 0 aliphatic heterocycles. The molecule has 3 rings (SSSR count). The van der Waals surface area contributed by atoms with Crippen molar-refractivity contribution >= 4 is 8.32 Å². The summed E-state index contributed by atoms with van der Waals surface area (Å²) in [7, 11) is -2.17. The second-order valence-corrected chi connectivity index (χ2v) is 21.1. The van der Waals surface area contributed by atoms with E-state index in [0.29, 0.717) is 17.8 Å². The molecular weight excluding hydrogens is 500 g/mol. The monoisotopic (exact) mass is 560 g/mol. The van der Waals surface area contributed by atoms with Gasteiger partial charge in [0.15, 0.2) is 0 Å². The first-order valence-electron chi connectivity index (χ1n) is 15.9. The van der Waals surface area contributed by atoms with E-state index in [0.717, 1.165) is 38.5 Å². The van der Waals surface area contributed by atoms with Crippen molar-refractivity contribution in [3.05, 3.63) is 0 Å². The summed E-state index contributed by atoms with van der Waals surface area (Å²) in [6.45, 7) is 14.3. The zero-order valence-electron chi connectivity index (χ0n) is 24.8. The summed E-state index contributed by atoms with van der Waals surface area (Å²) < 4.78 is 29.4. The van der Waals surface area contributed by atoms with Crippen molar-refractivity contribution in [2.75, 3.05) is 0 Å². The van der Waals surface area contributed by atoms with Gasteiger partial charge in [0, 0.05) is 0 Å². The molecule has 3 saturated carbocycles. The van der Waals surface area contributed by atoms with Crippen molar-refractivity contribution in [1.29, 1.82) is 0 Å². The zero-order valence-corrected chi connectivity index (χ0v) is 27.4. The second kappa shape index (κ2) is 15.5. The van der Waals surface area contributed by atoms with E-state index in [1.54, 1.807) is 0 Å². The Labute approximate surface area is 230 Å². The standard InChI is InChI=1S/C12H27OSi.3C6H11O.Ti/c1-10(2)7-14(13,8-11(3)4)9-12(5)6;3*7-6-4-2-1-3-5-6;/h10-12H,7-9H2,1-6H3;3*6H,1-5H2;/q4*-1;+4. The molecule has 3 fully saturated rings. The molecule has 6 heteroatoms. The van der Waals surface area contributed by atoms with Gasteiger partial charge in [0.1, 0.15) is 0 Å². The van der Waals surface area contributed by atoms with Gasteiger partial charge < -0.3 is 0 Å². The predicted octanol–water partition coefficient (Wildman–Crippen LogP) is 9.78. The van der Waals surface area contributed by atoms with Crippen LogP contribution >= 0.6 is 0 Å². The molecule has 3 aliphatic rings. The van der Waals surface area contributed by atoms with E-state index in [1.165, 1.54) is 75.9 Å². The molecule has 36 heavy (non-hydrogen) atoms. The van der Waals surface area contributed by atoms with Crippen LogP contribution in [0, 0.1) is 17.8 Å². The topological polar surface area (TPSA) is 36.9 Å². The Balaban J connectivity index is 1.99. The number of hydrogen-bond acceptors (Lipinski definition) is 4. The van der Waals surface area contributed by atoms with Gasteiger partial charge >= 0.3 is 231 Å². The van der Waals surface area contributed by atoms with E-state index < -0.39 is 26.5 Å². The van der Waals surface area contributed by atoms with Crippen LogP contribution in [0.2, 0.25) is 18.1 Å². The molecule has 0 radical (unpaired) electrons. The van der Waals surface area contributed by atoms with Crippen LogP contribution in [0.25, 0.3) is 0 Å². The van der Waals surface area contributed by atoms with Gasteiger partial charge in [-0.2, -0.15) is 0 Å². The average Bonchev–Trinajstić information content (AvgIpc) is 2.79. The van der Waals surface area contributed by atoms with Gasteiger partial charge in [0.05, 0.1) is 0 Å². The maximum absolute atomic E-state index is 7.73. The average molecular weight is 561 g/mol. The minimum absolute atomic E-state index is 0.259. The fraction of sp³-hybridized carbons (Fsp3) is 1.00. The minimum atomic E-state index is -4.04. The van der Waals surface area contributed by atoms with Crippen molar-refractivity contribution in [1.82, 2.24) is 0 Å². The third kappa shape index (κ3) is 10.7. The molecule has 0 aromatic heterocycles. The normalized spacial score (nSPS) is 22.2. The first kappa shape index (κ1) is 31.3. The Morgan fingerprint density at radius 3 is 1.03 bits per heavy atom. The fourth-order valence-corrected chi connectivity index (χ4v) is 20.7. The Kier molecular flexibility index (Phi) is 13.5. The predicted molar refractivity (Wildman–Crippen MR) is 150 cm³/mol. The van der Waals surface area contributed by atoms with Crippen LogP contribution in [-0.4, -0.2) is 26.6 Å². The SMILES string of the molecule is CC(C)C[Si](CC(C)C)(CC(C)C)[O][Ti]([O]C1CCCCC1)([O]C1CCCCC1)[O]C1CCCCC1. The molecule has 0 atom stereocenters. The van der Waals surface area contributed by atoms with E-state index in [-0.39, 0.29) is 18.3 Å².